The number of hydrogen-bond donors (Lipinski definition) is 1. The number of rotatable bonds is 11. The van der Waals surface area contributed by atoms with Crippen LogP contribution < -0.4 is 0 Å². The Morgan fingerprint density at radius 1 is 1.14 bits per heavy atom. The van der Waals surface area contributed by atoms with Gasteiger partial charge < -0.3 is 10.0 Å². The van der Waals surface area contributed by atoms with Crippen LogP contribution in [0.1, 0.15) is 45.4 Å². The summed E-state index contributed by atoms with van der Waals surface area (Å²) in [5.74, 6) is -0.505. The molecule has 0 unspecified atom stereocenters. The summed E-state index contributed by atoms with van der Waals surface area (Å²) in [6, 6.07) is 7.68. The topological polar surface area (TPSA) is 74.7 Å². The van der Waals surface area contributed by atoms with Crippen molar-refractivity contribution in [2.75, 3.05) is 18.8 Å². The van der Waals surface area contributed by atoms with E-state index in [4.69, 9.17) is 0 Å². The van der Waals surface area contributed by atoms with Crippen molar-refractivity contribution in [1.29, 1.82) is 0 Å². The van der Waals surface area contributed by atoms with Gasteiger partial charge in [0.1, 0.15) is 0 Å². The smallest absolute Gasteiger partial charge is 0.347 e. The molecular formula is C21H29NO4S2. The third-order valence-corrected chi connectivity index (χ3v) is 7.49. The number of hydrogen-bond acceptors (Lipinski definition) is 5. The molecular weight excluding hydrogens is 394 g/mol. The van der Waals surface area contributed by atoms with Gasteiger partial charge in [0.15, 0.2) is 4.91 Å². The summed E-state index contributed by atoms with van der Waals surface area (Å²) >= 11 is 1.64. The second-order valence-corrected chi connectivity index (χ2v) is 9.79. The Morgan fingerprint density at radius 2 is 1.82 bits per heavy atom. The second kappa shape index (κ2) is 11.3. The fraction of sp³-hybridized carbons (Fsp3) is 0.476. The lowest BCUT2D eigenvalue weighted by Gasteiger charge is -2.18. The van der Waals surface area contributed by atoms with Crippen LogP contribution in [0.4, 0.5) is 0 Å². The molecule has 0 atom stereocenters. The number of benzene rings is 1. The average molecular weight is 424 g/mol. The Kier molecular flexibility index (Phi) is 9.12. The fourth-order valence-corrected chi connectivity index (χ4v) is 5.37. The second-order valence-electron chi connectivity index (χ2n) is 6.76. The largest absolute Gasteiger partial charge is 0.477 e. The van der Waals surface area contributed by atoms with E-state index in [0.29, 0.717) is 0 Å². The number of unbranched alkanes of at least 4 members (excludes halogenated alkanes) is 5. The number of carbonyl (C=O) groups is 1. The highest BCUT2D eigenvalue weighted by molar-refractivity contribution is 8.03. The Bertz CT molecular complexity index is 801. The van der Waals surface area contributed by atoms with Crippen molar-refractivity contribution in [3.63, 3.8) is 0 Å². The van der Waals surface area contributed by atoms with E-state index in [0.717, 1.165) is 30.3 Å². The van der Waals surface area contributed by atoms with E-state index in [1.807, 2.05) is 0 Å². The molecule has 1 fully saturated rings. The number of allylic oxidation sites excluding steroid dienone is 2. The van der Waals surface area contributed by atoms with Crippen LogP contribution in [0.25, 0.3) is 0 Å². The summed E-state index contributed by atoms with van der Waals surface area (Å²) in [7, 11) is -4.05. The predicted octanol–water partition coefficient (Wildman–Crippen LogP) is 4.68. The van der Waals surface area contributed by atoms with Crippen molar-refractivity contribution < 1.29 is 18.3 Å². The minimum Gasteiger partial charge on any atom is -0.477 e. The van der Waals surface area contributed by atoms with Gasteiger partial charge in [-0.1, -0.05) is 57.2 Å². The van der Waals surface area contributed by atoms with Crippen LogP contribution in [0.15, 0.2) is 57.3 Å². The number of carboxylic acid groups (broad SMARTS) is 1. The van der Waals surface area contributed by atoms with Gasteiger partial charge in [0, 0.05) is 18.8 Å². The first-order valence-electron chi connectivity index (χ1n) is 9.80. The SMILES string of the molecule is CCCCCCCCN1CCSC1=CC=C(C(=O)O)S(=O)(=O)c1ccccc1. The van der Waals surface area contributed by atoms with Crippen molar-refractivity contribution in [2.45, 2.75) is 50.3 Å². The van der Waals surface area contributed by atoms with Gasteiger partial charge in [0.05, 0.1) is 9.92 Å². The minimum atomic E-state index is -4.05. The molecule has 0 saturated carbocycles. The standard InChI is InChI=1S/C21H29NO4S2/c1-2-3-4-5-6-10-15-22-16-17-27-20(22)14-13-19(21(23)24)28(25,26)18-11-8-7-9-12-18/h7-9,11-14H,2-6,10,15-17H2,1H3,(H,23,24). The van der Waals surface area contributed by atoms with Crippen LogP contribution in [0.3, 0.4) is 0 Å². The molecule has 0 spiro atoms. The average Bonchev–Trinajstić information content (AvgIpc) is 3.12. The van der Waals surface area contributed by atoms with Crippen LogP contribution in [0.5, 0.6) is 0 Å². The lowest BCUT2D eigenvalue weighted by atomic mass is 10.1. The molecule has 0 aliphatic carbocycles. The highest BCUT2D eigenvalue weighted by atomic mass is 32.2. The normalized spacial score (nSPS) is 16.7. The quantitative estimate of drug-likeness (QED) is 0.411. The van der Waals surface area contributed by atoms with Gasteiger partial charge >= 0.3 is 5.97 Å². The van der Waals surface area contributed by atoms with Gasteiger partial charge in [-0.25, -0.2) is 13.2 Å². The third-order valence-electron chi connectivity index (χ3n) is 4.64. The zero-order valence-electron chi connectivity index (χ0n) is 16.3. The predicted molar refractivity (Wildman–Crippen MR) is 115 cm³/mol. The number of thioether (sulfide) groups is 1. The van der Waals surface area contributed by atoms with Crippen LogP contribution in [0.2, 0.25) is 0 Å². The van der Waals surface area contributed by atoms with Gasteiger partial charge in [-0.3, -0.25) is 0 Å². The maximum atomic E-state index is 12.7. The van der Waals surface area contributed by atoms with E-state index in [1.54, 1.807) is 36.0 Å². The van der Waals surface area contributed by atoms with Crippen LogP contribution >= 0.6 is 11.8 Å². The maximum Gasteiger partial charge on any atom is 0.347 e. The summed E-state index contributed by atoms with van der Waals surface area (Å²) in [6.45, 7) is 4.04. The van der Waals surface area contributed by atoms with Gasteiger partial charge in [0.2, 0.25) is 9.84 Å². The molecule has 0 amide bonds. The van der Waals surface area contributed by atoms with Gasteiger partial charge in [0.25, 0.3) is 0 Å². The van der Waals surface area contributed by atoms with Crippen LogP contribution in [-0.4, -0.2) is 43.2 Å². The summed E-state index contributed by atoms with van der Waals surface area (Å²) < 4.78 is 25.3. The van der Waals surface area contributed by atoms with E-state index in [2.05, 4.69) is 11.8 Å². The molecule has 0 radical (unpaired) electrons. The number of nitrogens with zero attached hydrogens (tertiary/aromatic N) is 1. The first-order chi connectivity index (χ1) is 13.5. The number of carboxylic acids is 1. The molecule has 2 rings (SSSR count). The fourth-order valence-electron chi connectivity index (χ4n) is 3.07. The molecule has 1 aliphatic heterocycles. The third kappa shape index (κ3) is 6.41. The highest BCUT2D eigenvalue weighted by Crippen LogP contribution is 2.29. The molecule has 7 heteroatoms. The van der Waals surface area contributed by atoms with E-state index in [1.165, 1.54) is 50.3 Å². The molecule has 0 bridgehead atoms. The first kappa shape index (κ1) is 22.6. The Labute approximate surface area is 172 Å². The molecule has 28 heavy (non-hydrogen) atoms. The van der Waals surface area contributed by atoms with Crippen molar-refractivity contribution in [3.8, 4) is 0 Å². The zero-order chi connectivity index (χ0) is 20.4. The summed E-state index contributed by atoms with van der Waals surface area (Å²) in [5.41, 5.74) is 0. The molecule has 0 aromatic heterocycles. The van der Waals surface area contributed by atoms with Crippen molar-refractivity contribution >= 4 is 27.6 Å². The lowest BCUT2D eigenvalue weighted by molar-refractivity contribution is -0.131. The Balaban J connectivity index is 2.08. The Morgan fingerprint density at radius 3 is 2.50 bits per heavy atom. The van der Waals surface area contributed by atoms with Crippen molar-refractivity contribution in [2.24, 2.45) is 0 Å². The van der Waals surface area contributed by atoms with Gasteiger partial charge in [-0.2, -0.15) is 0 Å². The molecule has 1 aromatic rings. The molecule has 1 saturated heterocycles. The molecule has 5 nitrogen and oxygen atoms in total. The Hall–Kier alpha value is -1.73. The monoisotopic (exact) mass is 423 g/mol. The molecule has 1 aromatic carbocycles. The van der Waals surface area contributed by atoms with E-state index < -0.39 is 20.7 Å². The van der Waals surface area contributed by atoms with Crippen molar-refractivity contribution in [1.82, 2.24) is 4.90 Å². The minimum absolute atomic E-state index is 0.00920. The highest BCUT2D eigenvalue weighted by Gasteiger charge is 2.26. The lowest BCUT2D eigenvalue weighted by Crippen LogP contribution is -2.19. The molecule has 1 N–H and O–H groups in total. The summed E-state index contributed by atoms with van der Waals surface area (Å²) in [5, 5.41) is 10.4. The van der Waals surface area contributed by atoms with E-state index in [-0.39, 0.29) is 4.90 Å². The molecule has 154 valence electrons. The van der Waals surface area contributed by atoms with Gasteiger partial charge in [-0.15, -0.1) is 11.8 Å². The van der Waals surface area contributed by atoms with Gasteiger partial charge in [-0.05, 0) is 30.7 Å². The van der Waals surface area contributed by atoms with E-state index in [9.17, 15) is 18.3 Å². The van der Waals surface area contributed by atoms with Crippen LogP contribution in [0, 0.1) is 0 Å². The molecule has 1 heterocycles. The summed E-state index contributed by atoms with van der Waals surface area (Å²) in [6.07, 6.45) is 10.2. The number of sulfone groups is 1. The summed E-state index contributed by atoms with van der Waals surface area (Å²) in [4.78, 5) is 13.2. The molecule has 1 aliphatic rings. The maximum absolute atomic E-state index is 12.7. The van der Waals surface area contributed by atoms with Crippen LogP contribution in [-0.2, 0) is 14.6 Å². The number of aliphatic carboxylic acids is 1. The van der Waals surface area contributed by atoms with E-state index >= 15 is 0 Å². The first-order valence-corrected chi connectivity index (χ1v) is 12.3. The van der Waals surface area contributed by atoms with Crippen molar-refractivity contribution in [3.05, 3.63) is 52.4 Å². The zero-order valence-corrected chi connectivity index (χ0v) is 18.0.